The average Bonchev–Trinajstić information content (AvgIpc) is 3.22. The van der Waals surface area contributed by atoms with Gasteiger partial charge in [0.05, 0.1) is 18.0 Å². The molecule has 2 aromatic carbocycles. The number of nitrogens with zero attached hydrogens (tertiary/aromatic N) is 3. The van der Waals surface area contributed by atoms with Crippen molar-refractivity contribution in [1.82, 2.24) is 20.0 Å². The van der Waals surface area contributed by atoms with Gasteiger partial charge in [-0.1, -0.05) is 48.5 Å². The van der Waals surface area contributed by atoms with Crippen molar-refractivity contribution in [3.63, 3.8) is 0 Å². The number of hydrogen-bond donors (Lipinski definition) is 1. The van der Waals surface area contributed by atoms with E-state index in [1.54, 1.807) is 7.11 Å². The van der Waals surface area contributed by atoms with Gasteiger partial charge >= 0.3 is 0 Å². The van der Waals surface area contributed by atoms with E-state index >= 15 is 0 Å². The largest absolute Gasteiger partial charge is 0.383 e. The van der Waals surface area contributed by atoms with Crippen LogP contribution in [0.4, 0.5) is 0 Å². The smallest absolute Gasteiger partial charge is 0.0972 e. The summed E-state index contributed by atoms with van der Waals surface area (Å²) in [5, 5.41) is 8.69. The zero-order chi connectivity index (χ0) is 19.9. The van der Waals surface area contributed by atoms with E-state index in [1.165, 1.54) is 18.4 Å². The molecule has 29 heavy (non-hydrogen) atoms. The number of hydrogen-bond acceptors (Lipinski definition) is 4. The molecule has 0 spiro atoms. The second-order valence-corrected chi connectivity index (χ2v) is 7.64. The van der Waals surface area contributed by atoms with Crippen LogP contribution in [0, 0.1) is 0 Å². The summed E-state index contributed by atoms with van der Waals surface area (Å²) in [6, 6.07) is 21.3. The maximum absolute atomic E-state index is 5.20. The van der Waals surface area contributed by atoms with Crippen molar-refractivity contribution in [2.75, 3.05) is 33.4 Å². The van der Waals surface area contributed by atoms with Crippen LogP contribution in [0.2, 0.25) is 0 Å². The van der Waals surface area contributed by atoms with Crippen molar-refractivity contribution >= 4 is 0 Å². The standard InChI is InChI=1S/C24H30N4O/c1-29-17-16-27-14-12-22(13-15-27)25-18-21-19-28(23-10-6-3-7-11-23)26-24(21)20-8-4-2-5-9-20/h2-11,19,22,25H,12-18H2,1H3. The molecule has 3 aromatic rings. The van der Waals surface area contributed by atoms with Crippen LogP contribution >= 0.6 is 0 Å². The van der Waals surface area contributed by atoms with Crippen molar-refractivity contribution in [3.8, 4) is 16.9 Å². The Hall–Kier alpha value is -2.47. The number of likely N-dealkylation sites (tertiary alicyclic amines) is 1. The van der Waals surface area contributed by atoms with E-state index in [9.17, 15) is 0 Å². The fourth-order valence-electron chi connectivity index (χ4n) is 3.93. The molecule has 1 aliphatic heterocycles. The molecule has 0 radical (unpaired) electrons. The first-order chi connectivity index (χ1) is 14.3. The van der Waals surface area contributed by atoms with Gasteiger partial charge in [0.2, 0.25) is 0 Å². The van der Waals surface area contributed by atoms with E-state index < -0.39 is 0 Å². The summed E-state index contributed by atoms with van der Waals surface area (Å²) in [5.74, 6) is 0. The van der Waals surface area contributed by atoms with Gasteiger partial charge in [0, 0.05) is 43.6 Å². The molecule has 4 rings (SSSR count). The Morgan fingerprint density at radius 3 is 2.38 bits per heavy atom. The van der Waals surface area contributed by atoms with E-state index in [-0.39, 0.29) is 0 Å². The van der Waals surface area contributed by atoms with Gasteiger partial charge in [-0.2, -0.15) is 5.10 Å². The first-order valence-corrected chi connectivity index (χ1v) is 10.5. The van der Waals surface area contributed by atoms with Crippen LogP contribution in [-0.2, 0) is 11.3 Å². The predicted molar refractivity (Wildman–Crippen MR) is 117 cm³/mol. The molecule has 0 bridgehead atoms. The second-order valence-electron chi connectivity index (χ2n) is 7.64. The maximum Gasteiger partial charge on any atom is 0.0972 e. The predicted octanol–water partition coefficient (Wildman–Crippen LogP) is 3.74. The quantitative estimate of drug-likeness (QED) is 0.636. The second kappa shape index (κ2) is 9.83. The molecule has 5 nitrogen and oxygen atoms in total. The topological polar surface area (TPSA) is 42.3 Å². The molecule has 5 heteroatoms. The van der Waals surface area contributed by atoms with Crippen LogP contribution in [0.5, 0.6) is 0 Å². The zero-order valence-electron chi connectivity index (χ0n) is 17.1. The molecule has 1 aliphatic rings. The third-order valence-corrected chi connectivity index (χ3v) is 5.64. The molecule has 0 amide bonds. The monoisotopic (exact) mass is 390 g/mol. The summed E-state index contributed by atoms with van der Waals surface area (Å²) in [4.78, 5) is 2.49. The lowest BCUT2D eigenvalue weighted by atomic mass is 10.0. The van der Waals surface area contributed by atoms with E-state index in [0.717, 1.165) is 49.7 Å². The van der Waals surface area contributed by atoms with Crippen molar-refractivity contribution in [3.05, 3.63) is 72.4 Å². The van der Waals surface area contributed by atoms with E-state index in [1.807, 2.05) is 16.8 Å². The molecule has 2 heterocycles. The minimum absolute atomic E-state index is 0.553. The SMILES string of the molecule is COCCN1CCC(NCc2cn(-c3ccccc3)nc2-c2ccccc2)CC1. The van der Waals surface area contributed by atoms with Crippen molar-refractivity contribution in [1.29, 1.82) is 0 Å². The molecule has 0 unspecified atom stereocenters. The number of para-hydroxylation sites is 1. The number of aromatic nitrogens is 2. The number of nitrogens with one attached hydrogen (secondary N) is 1. The van der Waals surface area contributed by atoms with E-state index in [0.29, 0.717) is 6.04 Å². The highest BCUT2D eigenvalue weighted by molar-refractivity contribution is 5.63. The Labute approximate surface area is 173 Å². The summed E-state index contributed by atoms with van der Waals surface area (Å²) in [7, 11) is 1.77. The first kappa shape index (κ1) is 19.8. The van der Waals surface area contributed by atoms with Crippen LogP contribution in [0.25, 0.3) is 16.9 Å². The van der Waals surface area contributed by atoms with Crippen LogP contribution in [-0.4, -0.2) is 54.1 Å². The molecule has 1 N–H and O–H groups in total. The summed E-state index contributed by atoms with van der Waals surface area (Å²) >= 11 is 0. The van der Waals surface area contributed by atoms with Gasteiger partial charge in [-0.25, -0.2) is 4.68 Å². The fourth-order valence-corrected chi connectivity index (χ4v) is 3.93. The normalized spacial score (nSPS) is 15.6. The van der Waals surface area contributed by atoms with Crippen molar-refractivity contribution < 1.29 is 4.74 Å². The summed E-state index contributed by atoms with van der Waals surface area (Å²) in [6.45, 7) is 4.95. The highest BCUT2D eigenvalue weighted by Gasteiger charge is 2.19. The Kier molecular flexibility index (Phi) is 6.72. The molecule has 1 aromatic heterocycles. The minimum atomic E-state index is 0.553. The van der Waals surface area contributed by atoms with Crippen LogP contribution in [0.15, 0.2) is 66.9 Å². The first-order valence-electron chi connectivity index (χ1n) is 10.5. The number of benzene rings is 2. The van der Waals surface area contributed by atoms with Crippen LogP contribution in [0.1, 0.15) is 18.4 Å². The molecule has 152 valence electrons. The number of methoxy groups -OCH3 is 1. The summed E-state index contributed by atoms with van der Waals surface area (Å²) in [5.41, 5.74) is 4.54. The number of ether oxygens (including phenoxy) is 1. The lowest BCUT2D eigenvalue weighted by Gasteiger charge is -2.32. The third-order valence-electron chi connectivity index (χ3n) is 5.64. The van der Waals surface area contributed by atoms with Gasteiger partial charge < -0.3 is 15.0 Å². The molecule has 0 atom stereocenters. The van der Waals surface area contributed by atoms with Gasteiger partial charge in [0.15, 0.2) is 0 Å². The molecule has 1 saturated heterocycles. The third kappa shape index (κ3) is 5.12. The van der Waals surface area contributed by atoms with Gasteiger partial charge in [0.25, 0.3) is 0 Å². The lowest BCUT2D eigenvalue weighted by molar-refractivity contribution is 0.126. The van der Waals surface area contributed by atoms with Crippen LogP contribution in [0.3, 0.4) is 0 Å². The van der Waals surface area contributed by atoms with Gasteiger partial charge in [-0.15, -0.1) is 0 Å². The molecule has 0 aliphatic carbocycles. The Morgan fingerprint density at radius 1 is 1.00 bits per heavy atom. The van der Waals surface area contributed by atoms with Gasteiger partial charge in [-0.05, 0) is 38.1 Å². The highest BCUT2D eigenvalue weighted by atomic mass is 16.5. The Balaban J connectivity index is 1.46. The molecule has 1 fully saturated rings. The maximum atomic E-state index is 5.20. The molecular formula is C24H30N4O. The Bertz CT molecular complexity index is 870. The zero-order valence-corrected chi connectivity index (χ0v) is 17.1. The Morgan fingerprint density at radius 2 is 1.69 bits per heavy atom. The van der Waals surface area contributed by atoms with E-state index in [2.05, 4.69) is 64.9 Å². The van der Waals surface area contributed by atoms with E-state index in [4.69, 9.17) is 9.84 Å². The summed E-state index contributed by atoms with van der Waals surface area (Å²) in [6.07, 6.45) is 4.52. The summed E-state index contributed by atoms with van der Waals surface area (Å²) < 4.78 is 7.20. The van der Waals surface area contributed by atoms with Gasteiger partial charge in [-0.3, -0.25) is 0 Å². The van der Waals surface area contributed by atoms with Gasteiger partial charge in [0.1, 0.15) is 0 Å². The van der Waals surface area contributed by atoms with Crippen LogP contribution < -0.4 is 5.32 Å². The fraction of sp³-hybridized carbons (Fsp3) is 0.375. The number of piperidine rings is 1. The average molecular weight is 391 g/mol. The van der Waals surface area contributed by atoms with Crippen molar-refractivity contribution in [2.24, 2.45) is 0 Å². The molecule has 0 saturated carbocycles. The van der Waals surface area contributed by atoms with Crippen molar-refractivity contribution in [2.45, 2.75) is 25.4 Å². The highest BCUT2D eigenvalue weighted by Crippen LogP contribution is 2.24. The number of rotatable bonds is 8. The minimum Gasteiger partial charge on any atom is -0.383 e. The molecular weight excluding hydrogens is 360 g/mol. The lowest BCUT2D eigenvalue weighted by Crippen LogP contribution is -2.43.